The van der Waals surface area contributed by atoms with Gasteiger partial charge in [-0.05, 0) is 36.4 Å². The van der Waals surface area contributed by atoms with E-state index in [1.807, 2.05) is 18.2 Å². The van der Waals surface area contributed by atoms with Gasteiger partial charge in [0, 0.05) is 41.9 Å². The van der Waals surface area contributed by atoms with Gasteiger partial charge in [-0.3, -0.25) is 4.40 Å². The van der Waals surface area contributed by atoms with E-state index in [2.05, 4.69) is 114 Å². The first kappa shape index (κ1) is 20.2. The quantitative estimate of drug-likeness (QED) is 0.297. The van der Waals surface area contributed by atoms with Crippen LogP contribution >= 0.6 is 0 Å². The summed E-state index contributed by atoms with van der Waals surface area (Å²) in [5.41, 5.74) is 8.25. The van der Waals surface area contributed by atoms with Crippen molar-refractivity contribution in [3.8, 4) is 33.9 Å². The molecular formula is C30H24N4. The van der Waals surface area contributed by atoms with Crippen LogP contribution < -0.4 is 4.90 Å². The maximum Gasteiger partial charge on any atom is 0.149 e. The number of para-hydroxylation sites is 1. The number of hydrogen-bond acceptors (Lipinski definition) is 3. The summed E-state index contributed by atoms with van der Waals surface area (Å²) >= 11 is 0. The fraction of sp³-hybridized carbons (Fsp3) is 0.0667. The van der Waals surface area contributed by atoms with Gasteiger partial charge in [0.15, 0.2) is 0 Å². The highest BCUT2D eigenvalue weighted by Crippen LogP contribution is 2.37. The predicted molar refractivity (Wildman–Crippen MR) is 141 cm³/mol. The molecule has 0 N–H and O–H groups in total. The highest BCUT2D eigenvalue weighted by atomic mass is 15.1. The first-order valence-electron chi connectivity index (χ1n) is 11.4. The third-order valence-electron chi connectivity index (χ3n) is 6.20. The van der Waals surface area contributed by atoms with Crippen LogP contribution in [-0.2, 0) is 0 Å². The second kappa shape index (κ2) is 8.16. The zero-order chi connectivity index (χ0) is 23.1. The average Bonchev–Trinajstić information content (AvgIpc) is 3.30. The van der Waals surface area contributed by atoms with Crippen molar-refractivity contribution in [1.82, 2.24) is 14.4 Å². The molecule has 6 rings (SSSR count). The van der Waals surface area contributed by atoms with Crippen LogP contribution in [0.1, 0.15) is 0 Å². The molecule has 4 heteroatoms. The number of imidazole rings is 1. The molecular weight excluding hydrogens is 416 g/mol. The molecule has 0 aliphatic heterocycles. The molecule has 0 spiro atoms. The molecule has 164 valence electrons. The minimum Gasteiger partial charge on any atom is -0.378 e. The van der Waals surface area contributed by atoms with Crippen LogP contribution in [0, 0.1) is 0 Å². The Morgan fingerprint density at radius 3 is 1.88 bits per heavy atom. The maximum absolute atomic E-state index is 5.23. The van der Waals surface area contributed by atoms with Gasteiger partial charge in [-0.1, -0.05) is 72.8 Å². The lowest BCUT2D eigenvalue weighted by Gasteiger charge is -2.15. The zero-order valence-corrected chi connectivity index (χ0v) is 19.2. The van der Waals surface area contributed by atoms with E-state index in [9.17, 15) is 0 Å². The van der Waals surface area contributed by atoms with Crippen LogP contribution in [0.5, 0.6) is 0 Å². The third-order valence-corrected chi connectivity index (χ3v) is 6.20. The number of hydrogen-bond donors (Lipinski definition) is 0. The van der Waals surface area contributed by atoms with E-state index in [1.54, 1.807) is 0 Å². The van der Waals surface area contributed by atoms with Crippen molar-refractivity contribution in [2.24, 2.45) is 0 Å². The molecule has 2 heterocycles. The van der Waals surface area contributed by atoms with Gasteiger partial charge in [0.25, 0.3) is 0 Å². The Hall–Kier alpha value is -4.44. The lowest BCUT2D eigenvalue weighted by atomic mass is 10.0. The lowest BCUT2D eigenvalue weighted by molar-refractivity contribution is 1.12. The van der Waals surface area contributed by atoms with Crippen LogP contribution in [0.2, 0.25) is 0 Å². The molecule has 0 saturated heterocycles. The summed E-state index contributed by atoms with van der Waals surface area (Å²) in [6.45, 7) is 0. The molecule has 0 radical (unpaired) electrons. The topological polar surface area (TPSA) is 33.4 Å². The molecule has 0 unspecified atom stereocenters. The Balaban J connectivity index is 1.76. The van der Waals surface area contributed by atoms with Crippen molar-refractivity contribution in [2.75, 3.05) is 19.0 Å². The molecule has 2 aromatic heterocycles. The van der Waals surface area contributed by atoms with E-state index in [4.69, 9.17) is 9.97 Å². The highest BCUT2D eigenvalue weighted by Gasteiger charge is 2.21. The lowest BCUT2D eigenvalue weighted by Crippen LogP contribution is -2.08. The SMILES string of the molecule is CN(C)c1ccc(-c2nc3ccccc3c3nc(-c4ccccc4)c(-c4ccccc4)n23)cc1. The van der Waals surface area contributed by atoms with Gasteiger partial charge in [-0.2, -0.15) is 0 Å². The average molecular weight is 441 g/mol. The predicted octanol–water partition coefficient (Wildman–Crippen LogP) is 6.95. The molecule has 0 saturated carbocycles. The Morgan fingerprint density at radius 1 is 0.588 bits per heavy atom. The molecule has 0 atom stereocenters. The Labute approximate surface area is 198 Å². The van der Waals surface area contributed by atoms with Crippen LogP contribution in [-0.4, -0.2) is 28.5 Å². The molecule has 0 amide bonds. The number of anilines is 1. The van der Waals surface area contributed by atoms with Gasteiger partial charge in [-0.15, -0.1) is 0 Å². The van der Waals surface area contributed by atoms with Gasteiger partial charge < -0.3 is 4.90 Å². The van der Waals surface area contributed by atoms with Gasteiger partial charge in [0.2, 0.25) is 0 Å². The fourth-order valence-corrected chi connectivity index (χ4v) is 4.49. The molecule has 34 heavy (non-hydrogen) atoms. The van der Waals surface area contributed by atoms with E-state index in [-0.39, 0.29) is 0 Å². The summed E-state index contributed by atoms with van der Waals surface area (Å²) in [6, 6.07) is 37.7. The van der Waals surface area contributed by atoms with Crippen LogP contribution in [0.4, 0.5) is 5.69 Å². The van der Waals surface area contributed by atoms with Crippen LogP contribution in [0.3, 0.4) is 0 Å². The standard InChI is InChI=1S/C30H24N4/c1-33(2)24-19-17-23(18-20-24)29-31-26-16-10-9-15-25(26)30-32-27(21-11-5-3-6-12-21)28(34(29)30)22-13-7-4-8-14-22/h3-20H,1-2H3. The number of nitrogens with zero attached hydrogens (tertiary/aromatic N) is 4. The summed E-state index contributed by atoms with van der Waals surface area (Å²) in [6.07, 6.45) is 0. The van der Waals surface area contributed by atoms with E-state index < -0.39 is 0 Å². The molecule has 4 nitrogen and oxygen atoms in total. The Morgan fingerprint density at radius 2 is 1.21 bits per heavy atom. The first-order chi connectivity index (χ1) is 16.7. The molecule has 0 fully saturated rings. The van der Waals surface area contributed by atoms with Crippen LogP contribution in [0.15, 0.2) is 109 Å². The van der Waals surface area contributed by atoms with Gasteiger partial charge in [0.05, 0.1) is 16.9 Å². The summed E-state index contributed by atoms with van der Waals surface area (Å²) in [7, 11) is 4.11. The molecule has 0 bridgehead atoms. The van der Waals surface area contributed by atoms with Gasteiger partial charge in [0.1, 0.15) is 11.5 Å². The van der Waals surface area contributed by atoms with Crippen molar-refractivity contribution < 1.29 is 0 Å². The molecule has 6 aromatic rings. The summed E-state index contributed by atoms with van der Waals surface area (Å²) in [5.74, 6) is 0.882. The fourth-order valence-electron chi connectivity index (χ4n) is 4.49. The zero-order valence-electron chi connectivity index (χ0n) is 19.2. The smallest absolute Gasteiger partial charge is 0.149 e. The Kier molecular flexibility index (Phi) is 4.84. The molecule has 4 aromatic carbocycles. The molecule has 0 aliphatic carbocycles. The van der Waals surface area contributed by atoms with Crippen molar-refractivity contribution in [2.45, 2.75) is 0 Å². The Bertz CT molecular complexity index is 1600. The minimum atomic E-state index is 0.882. The first-order valence-corrected chi connectivity index (χ1v) is 11.4. The highest BCUT2D eigenvalue weighted by molar-refractivity contribution is 5.97. The number of fused-ring (bicyclic) bond motifs is 3. The van der Waals surface area contributed by atoms with Crippen molar-refractivity contribution in [3.05, 3.63) is 109 Å². The van der Waals surface area contributed by atoms with Gasteiger partial charge >= 0.3 is 0 Å². The number of rotatable bonds is 4. The normalized spacial score (nSPS) is 11.2. The van der Waals surface area contributed by atoms with Crippen LogP contribution in [0.25, 0.3) is 50.5 Å². The van der Waals surface area contributed by atoms with E-state index in [0.29, 0.717) is 0 Å². The summed E-state index contributed by atoms with van der Waals surface area (Å²) in [5, 5.41) is 1.04. The van der Waals surface area contributed by atoms with Crippen molar-refractivity contribution in [3.63, 3.8) is 0 Å². The largest absolute Gasteiger partial charge is 0.378 e. The minimum absolute atomic E-state index is 0.882. The summed E-state index contributed by atoms with van der Waals surface area (Å²) in [4.78, 5) is 12.5. The second-order valence-electron chi connectivity index (χ2n) is 8.59. The second-order valence-corrected chi connectivity index (χ2v) is 8.59. The van der Waals surface area contributed by atoms with Gasteiger partial charge in [-0.25, -0.2) is 9.97 Å². The van der Waals surface area contributed by atoms with E-state index >= 15 is 0 Å². The number of benzene rings is 4. The van der Waals surface area contributed by atoms with E-state index in [1.165, 1.54) is 0 Å². The van der Waals surface area contributed by atoms with Crippen molar-refractivity contribution >= 4 is 22.2 Å². The van der Waals surface area contributed by atoms with Crippen molar-refractivity contribution in [1.29, 1.82) is 0 Å². The monoisotopic (exact) mass is 440 g/mol. The van der Waals surface area contributed by atoms with E-state index in [0.717, 1.165) is 56.1 Å². The third kappa shape index (κ3) is 3.32. The number of aromatic nitrogens is 3. The molecule has 0 aliphatic rings. The maximum atomic E-state index is 5.23. The summed E-state index contributed by atoms with van der Waals surface area (Å²) < 4.78 is 2.23.